The zero-order chi connectivity index (χ0) is 15.5. The minimum atomic E-state index is -0.443. The summed E-state index contributed by atoms with van der Waals surface area (Å²) in [5.74, 6) is 0. The van der Waals surface area contributed by atoms with Gasteiger partial charge in [-0.05, 0) is 43.2 Å². The van der Waals surface area contributed by atoms with Crippen molar-refractivity contribution >= 4 is 22.7 Å². The molecule has 3 aromatic rings. The lowest BCUT2D eigenvalue weighted by Crippen LogP contribution is -2.13. The van der Waals surface area contributed by atoms with Crippen LogP contribution in [0.15, 0.2) is 48.5 Å². The smallest absolute Gasteiger partial charge is 0.411 e. The van der Waals surface area contributed by atoms with Gasteiger partial charge in [0.25, 0.3) is 0 Å². The number of aryl methyl sites for hydroxylation is 1. The van der Waals surface area contributed by atoms with Crippen molar-refractivity contribution in [1.82, 2.24) is 4.98 Å². The molecule has 0 bridgehead atoms. The van der Waals surface area contributed by atoms with Crippen molar-refractivity contribution in [3.05, 3.63) is 54.2 Å². The second-order valence-electron chi connectivity index (χ2n) is 5.15. The lowest BCUT2D eigenvalue weighted by Gasteiger charge is -2.10. The molecule has 0 aliphatic carbocycles. The Bertz CT molecular complexity index is 807. The predicted octanol–water partition coefficient (Wildman–Crippen LogP) is 4.71. The van der Waals surface area contributed by atoms with E-state index in [4.69, 9.17) is 4.74 Å². The number of H-pyrrole nitrogens is 1. The average Bonchev–Trinajstić information content (AvgIpc) is 2.89. The van der Waals surface area contributed by atoms with Gasteiger partial charge in [0, 0.05) is 11.1 Å². The van der Waals surface area contributed by atoms with E-state index in [-0.39, 0.29) is 0 Å². The summed E-state index contributed by atoms with van der Waals surface area (Å²) in [6.45, 7) is 4.13. The number of ether oxygens (including phenoxy) is 1. The Labute approximate surface area is 129 Å². The van der Waals surface area contributed by atoms with Gasteiger partial charge in [0.05, 0.1) is 17.8 Å². The van der Waals surface area contributed by atoms with Crippen LogP contribution in [0.5, 0.6) is 0 Å². The van der Waals surface area contributed by atoms with Crippen molar-refractivity contribution in [2.45, 2.75) is 13.8 Å². The van der Waals surface area contributed by atoms with Crippen molar-refractivity contribution in [2.24, 2.45) is 0 Å². The van der Waals surface area contributed by atoms with E-state index < -0.39 is 6.09 Å². The van der Waals surface area contributed by atoms with Gasteiger partial charge in [-0.1, -0.05) is 30.3 Å². The van der Waals surface area contributed by atoms with Gasteiger partial charge in [-0.15, -0.1) is 0 Å². The Morgan fingerprint density at radius 2 is 1.91 bits per heavy atom. The SMILES string of the molecule is CCOC(=O)Nc1cc(-c2ccccc2)cc2cc(C)[nH]c12. The molecule has 0 unspecified atom stereocenters. The molecule has 1 aromatic heterocycles. The van der Waals surface area contributed by atoms with Gasteiger partial charge in [-0.2, -0.15) is 0 Å². The Morgan fingerprint density at radius 3 is 2.64 bits per heavy atom. The maximum Gasteiger partial charge on any atom is 0.411 e. The number of hydrogen-bond donors (Lipinski definition) is 2. The molecule has 0 radical (unpaired) electrons. The van der Waals surface area contributed by atoms with Crippen molar-refractivity contribution in [2.75, 3.05) is 11.9 Å². The van der Waals surface area contributed by atoms with E-state index in [9.17, 15) is 4.79 Å². The molecule has 0 spiro atoms. The van der Waals surface area contributed by atoms with Gasteiger partial charge in [-0.25, -0.2) is 4.79 Å². The third kappa shape index (κ3) is 2.81. The maximum atomic E-state index is 11.8. The van der Waals surface area contributed by atoms with Crippen LogP contribution in [0.3, 0.4) is 0 Å². The van der Waals surface area contributed by atoms with Crippen LogP contribution in [0, 0.1) is 6.92 Å². The van der Waals surface area contributed by atoms with Crippen LogP contribution in [0.2, 0.25) is 0 Å². The van der Waals surface area contributed by atoms with Gasteiger partial charge < -0.3 is 9.72 Å². The average molecular weight is 294 g/mol. The molecular weight excluding hydrogens is 276 g/mol. The monoisotopic (exact) mass is 294 g/mol. The van der Waals surface area contributed by atoms with E-state index in [1.807, 2.05) is 31.2 Å². The number of carbonyl (C=O) groups excluding carboxylic acids is 1. The molecule has 3 rings (SSSR count). The van der Waals surface area contributed by atoms with E-state index >= 15 is 0 Å². The first-order chi connectivity index (χ1) is 10.7. The highest BCUT2D eigenvalue weighted by molar-refractivity contribution is 6.01. The van der Waals surface area contributed by atoms with Gasteiger partial charge >= 0.3 is 6.09 Å². The molecule has 0 saturated carbocycles. The molecule has 4 heteroatoms. The largest absolute Gasteiger partial charge is 0.450 e. The minimum Gasteiger partial charge on any atom is -0.450 e. The highest BCUT2D eigenvalue weighted by atomic mass is 16.5. The molecule has 2 N–H and O–H groups in total. The van der Waals surface area contributed by atoms with Crippen LogP contribution >= 0.6 is 0 Å². The van der Waals surface area contributed by atoms with Crippen molar-refractivity contribution < 1.29 is 9.53 Å². The van der Waals surface area contributed by atoms with Crippen LogP contribution in [0.1, 0.15) is 12.6 Å². The molecule has 112 valence electrons. The van der Waals surface area contributed by atoms with Crippen molar-refractivity contribution in [3.8, 4) is 11.1 Å². The fourth-order valence-corrected chi connectivity index (χ4v) is 2.56. The topological polar surface area (TPSA) is 54.1 Å². The zero-order valence-corrected chi connectivity index (χ0v) is 12.6. The molecule has 0 atom stereocenters. The first-order valence-electron chi connectivity index (χ1n) is 7.30. The van der Waals surface area contributed by atoms with Crippen molar-refractivity contribution in [1.29, 1.82) is 0 Å². The fraction of sp³-hybridized carbons (Fsp3) is 0.167. The Kier molecular flexibility index (Phi) is 3.83. The number of benzene rings is 2. The summed E-state index contributed by atoms with van der Waals surface area (Å²) < 4.78 is 4.98. The molecule has 0 aliphatic rings. The molecule has 1 amide bonds. The number of hydrogen-bond acceptors (Lipinski definition) is 2. The first-order valence-corrected chi connectivity index (χ1v) is 7.30. The number of amides is 1. The number of anilines is 1. The van der Waals surface area contributed by atoms with Crippen LogP contribution in [-0.4, -0.2) is 17.7 Å². The normalized spacial score (nSPS) is 10.6. The highest BCUT2D eigenvalue weighted by Gasteiger charge is 2.11. The quantitative estimate of drug-likeness (QED) is 0.735. The molecule has 1 heterocycles. The van der Waals surface area contributed by atoms with Crippen LogP contribution in [0.25, 0.3) is 22.0 Å². The number of rotatable bonds is 3. The Morgan fingerprint density at radius 1 is 1.14 bits per heavy atom. The van der Waals surface area contributed by atoms with E-state index in [1.54, 1.807) is 6.92 Å². The number of aromatic amines is 1. The molecular formula is C18H18N2O2. The summed E-state index contributed by atoms with van der Waals surface area (Å²) in [7, 11) is 0. The molecule has 22 heavy (non-hydrogen) atoms. The summed E-state index contributed by atoms with van der Waals surface area (Å²) >= 11 is 0. The third-order valence-corrected chi connectivity index (χ3v) is 3.48. The van der Waals surface area contributed by atoms with E-state index in [2.05, 4.69) is 34.6 Å². The Hall–Kier alpha value is -2.75. The molecule has 0 fully saturated rings. The molecule has 4 nitrogen and oxygen atoms in total. The molecule has 0 saturated heterocycles. The summed E-state index contributed by atoms with van der Waals surface area (Å²) in [5.41, 5.74) is 4.84. The first kappa shape index (κ1) is 14.2. The summed E-state index contributed by atoms with van der Waals surface area (Å²) in [4.78, 5) is 15.0. The fourth-order valence-electron chi connectivity index (χ4n) is 2.56. The standard InChI is InChI=1S/C18H18N2O2/c1-3-22-18(21)20-16-11-14(13-7-5-4-6-8-13)10-15-9-12(2)19-17(15)16/h4-11,19H,3H2,1-2H3,(H,20,21). The molecule has 0 aliphatic heterocycles. The number of fused-ring (bicyclic) bond motifs is 1. The highest BCUT2D eigenvalue weighted by Crippen LogP contribution is 2.31. The number of nitrogens with one attached hydrogen (secondary N) is 2. The van der Waals surface area contributed by atoms with Gasteiger partial charge in [0.2, 0.25) is 0 Å². The second kappa shape index (κ2) is 5.93. The lowest BCUT2D eigenvalue weighted by atomic mass is 10.0. The van der Waals surface area contributed by atoms with E-state index in [0.717, 1.165) is 33.4 Å². The third-order valence-electron chi connectivity index (χ3n) is 3.48. The van der Waals surface area contributed by atoms with Gasteiger partial charge in [-0.3, -0.25) is 5.32 Å². The summed E-state index contributed by atoms with van der Waals surface area (Å²) in [6.07, 6.45) is -0.443. The Balaban J connectivity index is 2.10. The predicted molar refractivity (Wildman–Crippen MR) is 89.1 cm³/mol. The second-order valence-corrected chi connectivity index (χ2v) is 5.15. The zero-order valence-electron chi connectivity index (χ0n) is 12.6. The van der Waals surface area contributed by atoms with E-state index in [1.165, 1.54) is 0 Å². The van der Waals surface area contributed by atoms with Crippen molar-refractivity contribution in [3.63, 3.8) is 0 Å². The maximum absolute atomic E-state index is 11.8. The lowest BCUT2D eigenvalue weighted by molar-refractivity contribution is 0.168. The number of carbonyl (C=O) groups is 1. The van der Waals surface area contributed by atoms with E-state index in [0.29, 0.717) is 6.61 Å². The van der Waals surface area contributed by atoms with Gasteiger partial charge in [0.15, 0.2) is 0 Å². The van der Waals surface area contributed by atoms with Crippen LogP contribution < -0.4 is 5.32 Å². The van der Waals surface area contributed by atoms with Crippen LogP contribution in [0.4, 0.5) is 10.5 Å². The molecule has 2 aromatic carbocycles. The number of aromatic nitrogens is 1. The summed E-state index contributed by atoms with van der Waals surface area (Å²) in [5, 5.41) is 3.88. The van der Waals surface area contributed by atoms with Crippen LogP contribution in [-0.2, 0) is 4.74 Å². The summed E-state index contributed by atoms with van der Waals surface area (Å²) in [6, 6.07) is 16.2. The van der Waals surface area contributed by atoms with Gasteiger partial charge in [0.1, 0.15) is 0 Å². The minimum absolute atomic E-state index is 0.344.